The number of para-hydroxylation sites is 1. The predicted molar refractivity (Wildman–Crippen MR) is 257 cm³/mol. The molecule has 4 aromatic rings. The molecule has 14 nitrogen and oxygen atoms in total. The molecule has 6 rings (SSSR count). The third kappa shape index (κ3) is 12.6. The molecule has 0 spiro atoms. The van der Waals surface area contributed by atoms with Gasteiger partial charge in [0.1, 0.15) is 30.0 Å². The fourth-order valence-electron chi connectivity index (χ4n) is 7.91. The average molecular weight is 927 g/mol. The number of thiazole rings is 1. The van der Waals surface area contributed by atoms with Crippen molar-refractivity contribution in [3.63, 3.8) is 0 Å². The highest BCUT2D eigenvalue weighted by Crippen LogP contribution is 2.37. The topological polar surface area (TPSA) is 163 Å². The van der Waals surface area contributed by atoms with Crippen molar-refractivity contribution in [1.29, 1.82) is 0 Å². The van der Waals surface area contributed by atoms with Crippen LogP contribution in [-0.2, 0) is 35.2 Å². The first-order valence-corrected chi connectivity index (χ1v) is 23.5. The molecule has 0 saturated carbocycles. The minimum Gasteiger partial charge on any atom is -0.494 e. The summed E-state index contributed by atoms with van der Waals surface area (Å²) in [6.07, 6.45) is 2.52. The predicted octanol–water partition coefficient (Wildman–Crippen LogP) is 6.82. The molecule has 2 aliphatic rings. The van der Waals surface area contributed by atoms with Crippen molar-refractivity contribution in [1.82, 2.24) is 20.5 Å². The number of thiocarbonyl (C=S) groups is 1. The van der Waals surface area contributed by atoms with Gasteiger partial charge in [0.2, 0.25) is 17.7 Å². The number of carbonyl (C=O) groups is 4. The van der Waals surface area contributed by atoms with Crippen LogP contribution < -0.4 is 25.2 Å². The Labute approximate surface area is 391 Å². The number of hydrogen-bond donors (Lipinski definition) is 3. The van der Waals surface area contributed by atoms with Crippen LogP contribution in [0.1, 0.15) is 78.0 Å². The lowest BCUT2D eigenvalue weighted by Crippen LogP contribution is -2.58. The van der Waals surface area contributed by atoms with E-state index in [2.05, 4.69) is 15.6 Å². The molecule has 3 heterocycles. The summed E-state index contributed by atoms with van der Waals surface area (Å²) < 4.78 is 17.4. The fourth-order valence-corrected chi connectivity index (χ4v) is 9.24. The van der Waals surface area contributed by atoms with E-state index in [0.29, 0.717) is 38.0 Å². The van der Waals surface area contributed by atoms with E-state index in [-0.39, 0.29) is 37.9 Å². The number of aliphatic hydroxyl groups excluding tert-OH is 1. The standard InChI is InChI=1S/C49H62N6O8S2/c1-33-42(65-32-51-33)35-18-16-34(17-19-35)29-50-44(58)40-28-38(56)30-53(40)45(59)43(48(2,3)4)52-41(57)31-62-26-13-25-61-24-11-8-12-27-63-39-22-20-37(21-23-39)55-47(64)54(46(60)49(55,5)6)36-14-9-7-10-15-36/h7,9-10,14-23,32,38,40,43,56H,8,11-13,24-31H2,1-6H3,(H,50,58)(H,52,57)/t38-,40+,43?/m1/s1. The third-order valence-corrected chi connectivity index (χ3v) is 12.8. The van der Waals surface area contributed by atoms with Crippen LogP contribution in [-0.4, -0.2) is 107 Å². The molecule has 1 unspecified atom stereocenters. The highest BCUT2D eigenvalue weighted by Gasteiger charge is 2.50. The van der Waals surface area contributed by atoms with Gasteiger partial charge in [-0.25, -0.2) is 4.98 Å². The van der Waals surface area contributed by atoms with Gasteiger partial charge in [0.05, 0.1) is 34.5 Å². The Morgan fingerprint density at radius 3 is 2.26 bits per heavy atom. The lowest BCUT2D eigenvalue weighted by Gasteiger charge is -2.35. The molecular weight excluding hydrogens is 865 g/mol. The van der Waals surface area contributed by atoms with Crippen molar-refractivity contribution in [3.8, 4) is 16.2 Å². The molecule has 2 aliphatic heterocycles. The monoisotopic (exact) mass is 926 g/mol. The van der Waals surface area contributed by atoms with Crippen LogP contribution in [0.5, 0.6) is 5.75 Å². The van der Waals surface area contributed by atoms with E-state index in [9.17, 15) is 24.3 Å². The van der Waals surface area contributed by atoms with Crippen LogP contribution in [0.3, 0.4) is 0 Å². The van der Waals surface area contributed by atoms with E-state index in [1.54, 1.807) is 16.2 Å². The average Bonchev–Trinajstić information content (AvgIpc) is 3.94. The minimum absolute atomic E-state index is 0.00375. The van der Waals surface area contributed by atoms with Gasteiger partial charge in [-0.15, -0.1) is 11.3 Å². The summed E-state index contributed by atoms with van der Waals surface area (Å²) in [6.45, 7) is 13.2. The highest BCUT2D eigenvalue weighted by molar-refractivity contribution is 7.81. The quantitative estimate of drug-likeness (QED) is 0.0594. The molecule has 3 atom stereocenters. The van der Waals surface area contributed by atoms with E-state index < -0.39 is 41.0 Å². The number of unbranched alkanes of at least 4 members (excludes halogenated alkanes) is 2. The van der Waals surface area contributed by atoms with Gasteiger partial charge in [-0.3, -0.25) is 24.1 Å². The summed E-state index contributed by atoms with van der Waals surface area (Å²) >= 11 is 7.35. The molecule has 2 saturated heterocycles. The lowest BCUT2D eigenvalue weighted by molar-refractivity contribution is -0.144. The lowest BCUT2D eigenvalue weighted by atomic mass is 9.85. The Kier molecular flexibility index (Phi) is 16.9. The molecule has 2 fully saturated rings. The van der Waals surface area contributed by atoms with Gasteiger partial charge < -0.3 is 39.8 Å². The van der Waals surface area contributed by atoms with Gasteiger partial charge in [0.25, 0.3) is 5.91 Å². The number of hydrogen-bond acceptors (Lipinski definition) is 11. The van der Waals surface area contributed by atoms with E-state index in [1.807, 2.05) is 131 Å². The van der Waals surface area contributed by atoms with Crippen LogP contribution in [0.25, 0.3) is 10.4 Å². The zero-order valence-corrected chi connectivity index (χ0v) is 39.8. The first-order chi connectivity index (χ1) is 31.1. The summed E-state index contributed by atoms with van der Waals surface area (Å²) in [5, 5.41) is 16.7. The highest BCUT2D eigenvalue weighted by atomic mass is 32.1. The van der Waals surface area contributed by atoms with Crippen molar-refractivity contribution >= 4 is 63.7 Å². The number of anilines is 2. The molecule has 65 heavy (non-hydrogen) atoms. The molecule has 16 heteroatoms. The van der Waals surface area contributed by atoms with Crippen LogP contribution in [0, 0.1) is 12.3 Å². The van der Waals surface area contributed by atoms with E-state index in [4.69, 9.17) is 26.4 Å². The first kappa shape index (κ1) is 49.2. The second-order valence-electron chi connectivity index (χ2n) is 18.0. The number of aryl methyl sites for hydroxylation is 1. The Bertz CT molecular complexity index is 2250. The van der Waals surface area contributed by atoms with E-state index in [1.165, 1.54) is 4.90 Å². The molecule has 0 radical (unpaired) electrons. The summed E-state index contributed by atoms with van der Waals surface area (Å²) in [5.74, 6) is -0.569. The number of aromatic nitrogens is 1. The number of likely N-dealkylation sites (tertiary alicyclic amines) is 1. The van der Waals surface area contributed by atoms with Gasteiger partial charge in [0, 0.05) is 45.0 Å². The van der Waals surface area contributed by atoms with Crippen molar-refractivity contribution in [2.45, 2.75) is 104 Å². The van der Waals surface area contributed by atoms with Crippen LogP contribution >= 0.6 is 23.6 Å². The van der Waals surface area contributed by atoms with Gasteiger partial charge in [-0.1, -0.05) is 63.2 Å². The van der Waals surface area contributed by atoms with Crippen molar-refractivity contribution in [2.75, 3.05) is 49.4 Å². The fraction of sp³-hybridized carbons (Fsp3) is 0.469. The summed E-state index contributed by atoms with van der Waals surface area (Å²) in [7, 11) is 0. The zero-order valence-electron chi connectivity index (χ0n) is 38.2. The van der Waals surface area contributed by atoms with Gasteiger partial charge in [-0.05, 0) is 112 Å². The SMILES string of the molecule is Cc1ncsc1-c1ccc(CNC(=O)[C@@H]2C[C@@H](O)CN2C(=O)C(NC(=O)COCCCOCCCCCOc2ccc(N3C(=S)N(c4ccccc4)C(=O)C3(C)C)cc2)C(C)(C)C)cc1. The Balaban J connectivity index is 0.835. The second kappa shape index (κ2) is 22.3. The van der Waals surface area contributed by atoms with Crippen LogP contribution in [0.2, 0.25) is 0 Å². The van der Waals surface area contributed by atoms with Crippen molar-refractivity contribution in [2.24, 2.45) is 5.41 Å². The Morgan fingerprint density at radius 2 is 1.58 bits per heavy atom. The minimum atomic E-state index is -0.941. The second-order valence-corrected chi connectivity index (χ2v) is 19.2. The maximum absolute atomic E-state index is 13.9. The molecule has 4 amide bonds. The van der Waals surface area contributed by atoms with Gasteiger partial charge >= 0.3 is 0 Å². The number of ether oxygens (including phenoxy) is 3. The molecule has 0 aliphatic carbocycles. The molecular formula is C49H62N6O8S2. The third-order valence-electron chi connectivity index (χ3n) is 11.5. The number of nitrogens with one attached hydrogen (secondary N) is 2. The largest absolute Gasteiger partial charge is 0.494 e. The van der Waals surface area contributed by atoms with E-state index >= 15 is 0 Å². The van der Waals surface area contributed by atoms with E-state index in [0.717, 1.165) is 58.1 Å². The summed E-state index contributed by atoms with van der Waals surface area (Å²) in [5.41, 5.74) is 4.78. The number of nitrogens with zero attached hydrogens (tertiary/aromatic N) is 4. The number of rotatable bonds is 21. The van der Waals surface area contributed by atoms with Crippen LogP contribution in [0.15, 0.2) is 84.4 Å². The number of benzene rings is 3. The molecule has 3 N–H and O–H groups in total. The number of carbonyl (C=O) groups excluding carboxylic acids is 4. The summed E-state index contributed by atoms with van der Waals surface area (Å²) in [6, 6.07) is 23.1. The normalized spacial score (nSPS) is 17.7. The van der Waals surface area contributed by atoms with Gasteiger partial charge in [-0.2, -0.15) is 0 Å². The smallest absolute Gasteiger partial charge is 0.259 e. The number of amides is 4. The Morgan fingerprint density at radius 1 is 0.908 bits per heavy atom. The number of β-amino-alcohol motifs (C(OH)–C–C–N with tert-alkyl or cyclic N) is 1. The van der Waals surface area contributed by atoms with Crippen molar-refractivity contribution in [3.05, 3.63) is 95.6 Å². The number of aliphatic hydroxyl groups is 1. The maximum atomic E-state index is 13.9. The molecule has 0 bridgehead atoms. The van der Waals surface area contributed by atoms with Crippen LogP contribution in [0.4, 0.5) is 11.4 Å². The van der Waals surface area contributed by atoms with Crippen molar-refractivity contribution < 1.29 is 38.5 Å². The molecule has 348 valence electrons. The Hall–Kier alpha value is -5.26. The molecule has 3 aromatic carbocycles. The first-order valence-electron chi connectivity index (χ1n) is 22.2. The molecule has 1 aromatic heterocycles. The maximum Gasteiger partial charge on any atom is 0.259 e. The summed E-state index contributed by atoms with van der Waals surface area (Å²) in [4.78, 5) is 63.9. The zero-order chi connectivity index (χ0) is 46.7. The van der Waals surface area contributed by atoms with Gasteiger partial charge in [0.15, 0.2) is 5.11 Å².